The van der Waals surface area contributed by atoms with Crippen LogP contribution >= 0.6 is 0 Å². The molecule has 0 saturated heterocycles. The lowest BCUT2D eigenvalue weighted by molar-refractivity contribution is 0.763. The highest BCUT2D eigenvalue weighted by molar-refractivity contribution is 6.91. The Kier molecular flexibility index (Phi) is 2.07. The fraction of sp³-hybridized carbons (Fsp3) is 1.00. The Balaban J connectivity index is 3.17. The molecule has 0 heterocycles. The molecular formula is C4H13Si2. The van der Waals surface area contributed by atoms with Gasteiger partial charge in [-0.15, -0.1) is 0 Å². The quantitative estimate of drug-likeness (QED) is 0.389. The maximum atomic E-state index is 2.31. The first-order chi connectivity index (χ1) is 2.56. The van der Waals surface area contributed by atoms with Crippen LogP contribution in [0.15, 0.2) is 0 Å². The topological polar surface area (TPSA) is 0 Å². The van der Waals surface area contributed by atoms with Gasteiger partial charge >= 0.3 is 0 Å². The second-order valence-electron chi connectivity index (χ2n) is 2.65. The highest BCUT2D eigenvalue weighted by Gasteiger charge is 2.04. The minimum atomic E-state index is 0.687. The van der Waals surface area contributed by atoms with Crippen LogP contribution in [0.3, 0.4) is 0 Å². The minimum absolute atomic E-state index is 0.687. The van der Waals surface area contributed by atoms with E-state index in [2.05, 4.69) is 20.8 Å². The molecule has 0 amide bonds. The van der Waals surface area contributed by atoms with Crippen LogP contribution in [0.4, 0.5) is 0 Å². The van der Waals surface area contributed by atoms with Gasteiger partial charge in [0.2, 0.25) is 0 Å². The van der Waals surface area contributed by atoms with Crippen molar-refractivity contribution in [2.75, 3.05) is 0 Å². The first kappa shape index (κ1) is 6.43. The largest absolute Gasteiger partial charge is 0.0634 e. The zero-order valence-corrected chi connectivity index (χ0v) is 8.23. The van der Waals surface area contributed by atoms with E-state index < -0.39 is 0 Å². The molecule has 37 valence electrons. The molecule has 0 saturated carbocycles. The van der Waals surface area contributed by atoms with Gasteiger partial charge in [-0.25, -0.2) is 0 Å². The van der Waals surface area contributed by atoms with Crippen LogP contribution in [0.25, 0.3) is 0 Å². The maximum absolute atomic E-state index is 2.31. The van der Waals surface area contributed by atoms with Crippen molar-refractivity contribution in [3.05, 3.63) is 0 Å². The van der Waals surface area contributed by atoms with Gasteiger partial charge in [-0.1, -0.05) is 25.8 Å². The van der Waals surface area contributed by atoms with E-state index in [4.69, 9.17) is 0 Å². The number of hydrogen-bond donors (Lipinski definition) is 0. The van der Waals surface area contributed by atoms with Crippen molar-refractivity contribution in [3.63, 3.8) is 0 Å². The summed E-state index contributed by atoms with van der Waals surface area (Å²) in [5, 5.41) is 0.687. The summed E-state index contributed by atoms with van der Waals surface area (Å²) in [4.78, 5) is 0. The fourth-order valence-electron chi connectivity index (χ4n) is 0. The standard InChI is InChI=1S/C4H13Si2/c1-4(2,3)6-5/h6H,1-3,5H3. The second-order valence-corrected chi connectivity index (χ2v) is 6.70. The Morgan fingerprint density at radius 1 is 1.33 bits per heavy atom. The molecule has 2 heteroatoms. The number of rotatable bonds is 0. The van der Waals surface area contributed by atoms with Crippen molar-refractivity contribution in [2.24, 2.45) is 0 Å². The van der Waals surface area contributed by atoms with Gasteiger partial charge in [-0.2, -0.15) is 0 Å². The third-order valence-corrected chi connectivity index (χ3v) is 7.79. The van der Waals surface area contributed by atoms with E-state index in [1.807, 2.05) is 0 Å². The Bertz CT molecular complexity index is 35.3. The molecule has 0 aromatic carbocycles. The molecule has 0 spiro atoms. The van der Waals surface area contributed by atoms with Crippen LogP contribution in [-0.4, -0.2) is 18.8 Å². The molecule has 0 aromatic rings. The van der Waals surface area contributed by atoms with E-state index >= 15 is 0 Å². The van der Waals surface area contributed by atoms with Crippen molar-refractivity contribution in [1.29, 1.82) is 0 Å². The van der Waals surface area contributed by atoms with E-state index in [0.717, 1.165) is 9.04 Å². The van der Waals surface area contributed by atoms with Crippen LogP contribution in [0.2, 0.25) is 5.04 Å². The van der Waals surface area contributed by atoms with Crippen LogP contribution in [0, 0.1) is 0 Å². The number of hydrogen-bond acceptors (Lipinski definition) is 0. The van der Waals surface area contributed by atoms with Gasteiger partial charge in [-0.05, 0) is 9.76 Å². The van der Waals surface area contributed by atoms with E-state index in [9.17, 15) is 0 Å². The summed E-state index contributed by atoms with van der Waals surface area (Å²) in [7, 11) is 2.23. The van der Waals surface area contributed by atoms with Gasteiger partial charge in [0.15, 0.2) is 0 Å². The van der Waals surface area contributed by atoms with Gasteiger partial charge in [0.25, 0.3) is 0 Å². The molecule has 0 rings (SSSR count). The van der Waals surface area contributed by atoms with Crippen LogP contribution < -0.4 is 0 Å². The van der Waals surface area contributed by atoms with Crippen molar-refractivity contribution in [1.82, 2.24) is 0 Å². The van der Waals surface area contributed by atoms with E-state index in [-0.39, 0.29) is 0 Å². The monoisotopic (exact) mass is 117 g/mol. The van der Waals surface area contributed by atoms with Gasteiger partial charge in [0.05, 0.1) is 0 Å². The molecule has 0 aliphatic carbocycles. The SMILES string of the molecule is CC(C)(C)[SiH][SiH3]. The van der Waals surface area contributed by atoms with Crippen molar-refractivity contribution >= 4 is 18.8 Å². The summed E-state index contributed by atoms with van der Waals surface area (Å²) >= 11 is 0. The zero-order valence-electron chi connectivity index (χ0n) is 5.08. The van der Waals surface area contributed by atoms with Crippen LogP contribution in [0.5, 0.6) is 0 Å². The summed E-state index contributed by atoms with van der Waals surface area (Å²) in [5.41, 5.74) is 0. The summed E-state index contributed by atoms with van der Waals surface area (Å²) in [5.74, 6) is 0. The molecule has 1 radical (unpaired) electrons. The smallest absolute Gasteiger partial charge is 0.0164 e. The Morgan fingerprint density at radius 2 is 1.50 bits per heavy atom. The Morgan fingerprint density at radius 3 is 1.50 bits per heavy atom. The highest BCUT2D eigenvalue weighted by Crippen LogP contribution is 2.17. The molecule has 0 nitrogen and oxygen atoms in total. The molecule has 6 heavy (non-hydrogen) atoms. The average Bonchev–Trinajstić information content (AvgIpc) is 1.35. The highest BCUT2D eigenvalue weighted by atomic mass is 29.1. The molecule has 0 atom stereocenters. The normalized spacial score (nSPS) is 12.5. The molecule has 0 aliphatic rings. The van der Waals surface area contributed by atoms with Gasteiger partial charge in [0, 0.05) is 9.04 Å². The lowest BCUT2D eigenvalue weighted by Gasteiger charge is -2.11. The Labute approximate surface area is 45.4 Å². The van der Waals surface area contributed by atoms with Crippen molar-refractivity contribution < 1.29 is 0 Å². The summed E-state index contributed by atoms with van der Waals surface area (Å²) in [6.45, 7) is 6.94. The minimum Gasteiger partial charge on any atom is -0.0634 e. The average molecular weight is 117 g/mol. The molecular weight excluding hydrogens is 104 g/mol. The maximum Gasteiger partial charge on any atom is 0.0164 e. The van der Waals surface area contributed by atoms with Crippen molar-refractivity contribution in [2.45, 2.75) is 25.8 Å². The molecule has 0 bridgehead atoms. The summed E-state index contributed by atoms with van der Waals surface area (Å²) < 4.78 is 0. The Hall–Kier alpha value is 0.434. The molecule has 0 fully saturated rings. The third-order valence-electron chi connectivity index (χ3n) is 0.866. The zero-order chi connectivity index (χ0) is 5.21. The third kappa shape index (κ3) is 4.43. The lowest BCUT2D eigenvalue weighted by atomic mass is 10.3. The van der Waals surface area contributed by atoms with E-state index in [0.29, 0.717) is 5.04 Å². The van der Waals surface area contributed by atoms with Crippen LogP contribution in [0.1, 0.15) is 20.8 Å². The van der Waals surface area contributed by atoms with Crippen molar-refractivity contribution in [3.8, 4) is 0 Å². The molecule has 0 N–H and O–H groups in total. The van der Waals surface area contributed by atoms with E-state index in [1.54, 1.807) is 0 Å². The van der Waals surface area contributed by atoms with Gasteiger partial charge in [0.1, 0.15) is 0 Å². The van der Waals surface area contributed by atoms with Gasteiger partial charge in [-0.3, -0.25) is 0 Å². The molecule has 0 aliphatic heterocycles. The predicted molar refractivity (Wildman–Crippen MR) is 36.8 cm³/mol. The first-order valence-electron chi connectivity index (χ1n) is 2.37. The van der Waals surface area contributed by atoms with Crippen LogP contribution in [-0.2, 0) is 0 Å². The molecule has 0 unspecified atom stereocenters. The predicted octanol–water partition coefficient (Wildman–Crippen LogP) is -0.0783. The summed E-state index contributed by atoms with van der Waals surface area (Å²) in [6, 6.07) is 0. The van der Waals surface area contributed by atoms with Gasteiger partial charge < -0.3 is 0 Å². The van der Waals surface area contributed by atoms with E-state index in [1.165, 1.54) is 9.76 Å². The second kappa shape index (κ2) is 1.93. The first-order valence-corrected chi connectivity index (χ1v) is 7.56. The molecule has 0 aromatic heterocycles. The lowest BCUT2D eigenvalue weighted by Crippen LogP contribution is -2.06. The fourth-order valence-corrected chi connectivity index (χ4v) is 0. The summed E-state index contributed by atoms with van der Waals surface area (Å²) in [6.07, 6.45) is 0.